The minimum Gasteiger partial charge on any atom is -0.336 e. The van der Waals surface area contributed by atoms with Gasteiger partial charge in [0.25, 0.3) is 17.5 Å². The Hall–Kier alpha value is -3.48. The first-order valence-corrected chi connectivity index (χ1v) is 11.3. The molecular formula is C25H25N3O4. The molecule has 7 heteroatoms. The molecule has 0 atom stereocenters. The van der Waals surface area contributed by atoms with Gasteiger partial charge in [0.2, 0.25) is 0 Å². The molecule has 0 aromatic heterocycles. The summed E-state index contributed by atoms with van der Waals surface area (Å²) in [6, 6.07) is 13.8. The molecule has 3 aliphatic rings. The summed E-state index contributed by atoms with van der Waals surface area (Å²) in [7, 11) is 0. The minimum absolute atomic E-state index is 0.0418. The van der Waals surface area contributed by atoms with Gasteiger partial charge < -0.3 is 4.90 Å². The molecule has 32 heavy (non-hydrogen) atoms. The topological polar surface area (TPSA) is 83.8 Å². The standard InChI is InChI=1S/C25H25N3O4/c29-24-22(18-11-13-20(14-12-18)28(31)32)23(26-16-15-17-7-5-6-10-21(17)26)25(30)27(24)19-8-3-1-2-4-9-19/h5-7,10-14,19H,1-4,8-9,15-16H2. The fraction of sp³-hybridized carbons (Fsp3) is 0.360. The molecule has 1 saturated carbocycles. The molecule has 2 amide bonds. The van der Waals surface area contributed by atoms with Crippen LogP contribution in [0.4, 0.5) is 11.4 Å². The number of rotatable bonds is 4. The Balaban J connectivity index is 1.61. The van der Waals surface area contributed by atoms with Crippen LogP contribution >= 0.6 is 0 Å². The summed E-state index contributed by atoms with van der Waals surface area (Å²) < 4.78 is 0. The summed E-state index contributed by atoms with van der Waals surface area (Å²) >= 11 is 0. The van der Waals surface area contributed by atoms with Gasteiger partial charge in [-0.15, -0.1) is 0 Å². The molecule has 0 spiro atoms. The van der Waals surface area contributed by atoms with E-state index in [4.69, 9.17) is 0 Å². The zero-order valence-corrected chi connectivity index (χ0v) is 17.8. The van der Waals surface area contributed by atoms with Gasteiger partial charge in [-0.2, -0.15) is 0 Å². The van der Waals surface area contributed by atoms with Crippen LogP contribution in [-0.2, 0) is 16.0 Å². The molecule has 0 radical (unpaired) electrons. The highest BCUT2D eigenvalue weighted by atomic mass is 16.6. The highest BCUT2D eigenvalue weighted by Gasteiger charge is 2.46. The van der Waals surface area contributed by atoms with E-state index in [-0.39, 0.29) is 23.5 Å². The van der Waals surface area contributed by atoms with Crippen LogP contribution in [0.5, 0.6) is 0 Å². The smallest absolute Gasteiger partial charge is 0.278 e. The number of hydrogen-bond acceptors (Lipinski definition) is 5. The summed E-state index contributed by atoms with van der Waals surface area (Å²) in [5.41, 5.74) is 3.36. The van der Waals surface area contributed by atoms with E-state index in [1.807, 2.05) is 29.2 Å². The summed E-state index contributed by atoms with van der Waals surface area (Å²) in [5, 5.41) is 11.1. The number of fused-ring (bicyclic) bond motifs is 1. The first-order valence-electron chi connectivity index (χ1n) is 11.3. The lowest BCUT2D eigenvalue weighted by Crippen LogP contribution is -2.42. The predicted molar refractivity (Wildman–Crippen MR) is 121 cm³/mol. The molecular weight excluding hydrogens is 406 g/mol. The molecule has 0 saturated heterocycles. The number of anilines is 1. The van der Waals surface area contributed by atoms with Crippen molar-refractivity contribution in [3.8, 4) is 0 Å². The Morgan fingerprint density at radius 1 is 0.875 bits per heavy atom. The molecule has 164 valence electrons. The maximum absolute atomic E-state index is 13.8. The Labute approximate surface area is 186 Å². The molecule has 0 N–H and O–H groups in total. The highest BCUT2D eigenvalue weighted by Crippen LogP contribution is 2.40. The van der Waals surface area contributed by atoms with E-state index in [0.717, 1.165) is 56.2 Å². The maximum atomic E-state index is 13.8. The number of benzene rings is 2. The van der Waals surface area contributed by atoms with Crippen LogP contribution in [0.15, 0.2) is 54.2 Å². The SMILES string of the molecule is O=C1C(c2ccc([N+](=O)[O-])cc2)=C(N2CCc3ccccc32)C(=O)N1C1CCCCCC1. The number of nitro benzene ring substituents is 1. The minimum atomic E-state index is -0.463. The summed E-state index contributed by atoms with van der Waals surface area (Å²) in [4.78, 5) is 41.6. The van der Waals surface area contributed by atoms with E-state index in [2.05, 4.69) is 0 Å². The number of non-ortho nitro benzene ring substituents is 1. The van der Waals surface area contributed by atoms with Crippen molar-refractivity contribution in [3.05, 3.63) is 75.5 Å². The van der Waals surface area contributed by atoms with Gasteiger partial charge in [-0.05, 0) is 48.6 Å². The third kappa shape index (κ3) is 3.38. The van der Waals surface area contributed by atoms with Crippen LogP contribution in [0.3, 0.4) is 0 Å². The van der Waals surface area contributed by atoms with Gasteiger partial charge in [-0.1, -0.05) is 43.9 Å². The number of nitrogens with zero attached hydrogens (tertiary/aromatic N) is 3. The van der Waals surface area contributed by atoms with E-state index < -0.39 is 4.92 Å². The van der Waals surface area contributed by atoms with Crippen molar-refractivity contribution in [1.29, 1.82) is 0 Å². The van der Waals surface area contributed by atoms with Gasteiger partial charge in [0.1, 0.15) is 5.70 Å². The Kier molecular flexibility index (Phi) is 5.25. The van der Waals surface area contributed by atoms with E-state index in [0.29, 0.717) is 23.4 Å². The number of amides is 2. The number of nitro groups is 1. The summed E-state index contributed by atoms with van der Waals surface area (Å²) in [6.07, 6.45) is 6.73. The molecule has 0 bridgehead atoms. The van der Waals surface area contributed by atoms with Crippen molar-refractivity contribution in [2.24, 2.45) is 0 Å². The van der Waals surface area contributed by atoms with E-state index >= 15 is 0 Å². The van der Waals surface area contributed by atoms with Crippen LogP contribution in [-0.4, -0.2) is 34.2 Å². The van der Waals surface area contributed by atoms with Crippen LogP contribution in [0, 0.1) is 10.1 Å². The van der Waals surface area contributed by atoms with E-state index in [9.17, 15) is 19.7 Å². The van der Waals surface area contributed by atoms with Crippen LogP contribution in [0.25, 0.3) is 5.57 Å². The van der Waals surface area contributed by atoms with Gasteiger partial charge in [0.05, 0.1) is 10.5 Å². The molecule has 1 aliphatic carbocycles. The van der Waals surface area contributed by atoms with Crippen molar-refractivity contribution < 1.29 is 14.5 Å². The van der Waals surface area contributed by atoms with Crippen LogP contribution in [0.2, 0.25) is 0 Å². The van der Waals surface area contributed by atoms with Crippen LogP contribution in [0.1, 0.15) is 49.7 Å². The van der Waals surface area contributed by atoms with Crippen molar-refractivity contribution in [1.82, 2.24) is 4.90 Å². The maximum Gasteiger partial charge on any atom is 0.278 e. The molecule has 2 aromatic rings. The second-order valence-corrected chi connectivity index (χ2v) is 8.68. The first kappa shape index (κ1) is 20.4. The number of carbonyl (C=O) groups excluding carboxylic acids is 2. The first-order chi connectivity index (χ1) is 15.6. The Bertz CT molecular complexity index is 1110. The molecule has 2 heterocycles. The van der Waals surface area contributed by atoms with Crippen molar-refractivity contribution >= 4 is 28.8 Å². The third-order valence-electron chi connectivity index (χ3n) is 6.80. The molecule has 2 aliphatic heterocycles. The molecule has 1 fully saturated rings. The van der Waals surface area contributed by atoms with Crippen molar-refractivity contribution in [3.63, 3.8) is 0 Å². The van der Waals surface area contributed by atoms with Gasteiger partial charge in [0.15, 0.2) is 0 Å². The van der Waals surface area contributed by atoms with Crippen LogP contribution < -0.4 is 4.90 Å². The molecule has 7 nitrogen and oxygen atoms in total. The number of carbonyl (C=O) groups is 2. The number of imide groups is 1. The zero-order chi connectivity index (χ0) is 22.2. The molecule has 0 unspecified atom stereocenters. The van der Waals surface area contributed by atoms with Gasteiger partial charge >= 0.3 is 0 Å². The third-order valence-corrected chi connectivity index (χ3v) is 6.80. The monoisotopic (exact) mass is 431 g/mol. The Morgan fingerprint density at radius 2 is 1.56 bits per heavy atom. The fourth-order valence-electron chi connectivity index (χ4n) is 5.21. The summed E-state index contributed by atoms with van der Waals surface area (Å²) in [5.74, 6) is -0.526. The van der Waals surface area contributed by atoms with E-state index in [1.165, 1.54) is 17.0 Å². The lowest BCUT2D eigenvalue weighted by atomic mass is 10.0. The lowest BCUT2D eigenvalue weighted by molar-refractivity contribution is -0.384. The van der Waals surface area contributed by atoms with Gasteiger partial charge in [0, 0.05) is 30.4 Å². The van der Waals surface area contributed by atoms with E-state index in [1.54, 1.807) is 12.1 Å². The van der Waals surface area contributed by atoms with Gasteiger partial charge in [-0.25, -0.2) is 0 Å². The lowest BCUT2D eigenvalue weighted by Gasteiger charge is -2.27. The molecule has 2 aromatic carbocycles. The second-order valence-electron chi connectivity index (χ2n) is 8.68. The largest absolute Gasteiger partial charge is 0.336 e. The van der Waals surface area contributed by atoms with Crippen molar-refractivity contribution in [2.75, 3.05) is 11.4 Å². The second kappa shape index (κ2) is 8.22. The number of para-hydroxylation sites is 1. The quantitative estimate of drug-likeness (QED) is 0.309. The number of hydrogen-bond donors (Lipinski definition) is 0. The highest BCUT2D eigenvalue weighted by molar-refractivity contribution is 6.37. The average Bonchev–Trinajstić information content (AvgIpc) is 3.19. The average molecular weight is 431 g/mol. The Morgan fingerprint density at radius 3 is 2.25 bits per heavy atom. The van der Waals surface area contributed by atoms with Gasteiger partial charge in [-0.3, -0.25) is 24.6 Å². The van der Waals surface area contributed by atoms with Crippen molar-refractivity contribution in [2.45, 2.75) is 51.0 Å². The molecule has 5 rings (SSSR count). The normalized spacial score (nSPS) is 19.5. The fourth-order valence-corrected chi connectivity index (χ4v) is 5.21. The predicted octanol–water partition coefficient (Wildman–Crippen LogP) is 4.46. The summed E-state index contributed by atoms with van der Waals surface area (Å²) in [6.45, 7) is 0.628. The zero-order valence-electron chi connectivity index (χ0n) is 17.8.